The van der Waals surface area contributed by atoms with Gasteiger partial charge in [0.15, 0.2) is 0 Å². The van der Waals surface area contributed by atoms with Gasteiger partial charge in [0.2, 0.25) is 0 Å². The molecule has 0 aliphatic rings. The summed E-state index contributed by atoms with van der Waals surface area (Å²) in [6.07, 6.45) is 3.35. The van der Waals surface area contributed by atoms with Crippen LogP contribution < -0.4 is 5.32 Å². The minimum Gasteiger partial charge on any atom is -0.391 e. The Morgan fingerprint density at radius 3 is 2.50 bits per heavy atom. The van der Waals surface area contributed by atoms with Gasteiger partial charge in [0.1, 0.15) is 0 Å². The molecule has 0 saturated carbocycles. The Labute approximate surface area is 120 Å². The molecule has 1 unspecified atom stereocenters. The first kappa shape index (κ1) is 14.8. The highest BCUT2D eigenvalue weighted by molar-refractivity contribution is 5.33. The van der Waals surface area contributed by atoms with E-state index in [2.05, 4.69) is 22.5 Å². The fourth-order valence-corrected chi connectivity index (χ4v) is 1.85. The maximum absolute atomic E-state index is 9.96. The van der Waals surface area contributed by atoms with E-state index >= 15 is 0 Å². The van der Waals surface area contributed by atoms with Gasteiger partial charge in [0.05, 0.1) is 11.8 Å². The highest BCUT2D eigenvalue weighted by Crippen LogP contribution is 2.18. The quantitative estimate of drug-likeness (QED) is 0.879. The highest BCUT2D eigenvalue weighted by Gasteiger charge is 2.21. The van der Waals surface area contributed by atoms with Crippen LogP contribution in [-0.4, -0.2) is 27.5 Å². The van der Waals surface area contributed by atoms with Crippen LogP contribution >= 0.6 is 0 Å². The van der Waals surface area contributed by atoms with Crippen molar-refractivity contribution in [1.29, 1.82) is 0 Å². The summed E-state index contributed by atoms with van der Waals surface area (Å²) in [5, 5.41) is 17.4. The fraction of sp³-hybridized carbons (Fsp3) is 0.438. The van der Waals surface area contributed by atoms with E-state index < -0.39 is 0 Å². The largest absolute Gasteiger partial charge is 0.391 e. The van der Waals surface area contributed by atoms with Gasteiger partial charge < -0.3 is 10.4 Å². The number of nitrogens with zero attached hydrogens (tertiary/aromatic N) is 2. The molecule has 1 aromatic carbocycles. The number of aliphatic hydroxyl groups excluding tert-OH is 1. The molecule has 0 saturated heterocycles. The lowest BCUT2D eigenvalue weighted by Gasteiger charge is -2.26. The minimum atomic E-state index is -0.342. The third-order valence-electron chi connectivity index (χ3n) is 3.37. The second kappa shape index (κ2) is 6.20. The van der Waals surface area contributed by atoms with Gasteiger partial charge in [0.25, 0.3) is 0 Å². The molecule has 20 heavy (non-hydrogen) atoms. The lowest BCUT2D eigenvalue weighted by molar-refractivity contribution is 0.0628. The maximum Gasteiger partial charge on any atom is 0.0712 e. The average molecular weight is 273 g/mol. The second-order valence-electron chi connectivity index (χ2n) is 6.13. The van der Waals surface area contributed by atoms with Gasteiger partial charge in [-0.15, -0.1) is 0 Å². The predicted octanol–water partition coefficient (Wildman–Crippen LogP) is 2.37. The van der Waals surface area contributed by atoms with E-state index in [1.807, 2.05) is 49.8 Å². The first-order valence-corrected chi connectivity index (χ1v) is 6.94. The van der Waals surface area contributed by atoms with E-state index in [4.69, 9.17) is 0 Å². The van der Waals surface area contributed by atoms with Crippen LogP contribution in [0.15, 0.2) is 42.7 Å². The molecule has 0 spiro atoms. The summed E-state index contributed by atoms with van der Waals surface area (Å²) in [6.45, 7) is 7.48. The van der Waals surface area contributed by atoms with Crippen LogP contribution in [0.3, 0.4) is 0 Å². The molecule has 4 heteroatoms. The van der Waals surface area contributed by atoms with Crippen molar-refractivity contribution >= 4 is 0 Å². The Hall–Kier alpha value is -1.65. The molecule has 2 N–H and O–H groups in total. The zero-order valence-electron chi connectivity index (χ0n) is 12.4. The van der Waals surface area contributed by atoms with E-state index in [-0.39, 0.29) is 11.5 Å². The molecule has 108 valence electrons. The minimum absolute atomic E-state index is 0.0864. The van der Waals surface area contributed by atoms with Crippen molar-refractivity contribution in [3.05, 3.63) is 48.3 Å². The van der Waals surface area contributed by atoms with Crippen LogP contribution in [0.25, 0.3) is 5.69 Å². The normalized spacial score (nSPS) is 13.4. The molecule has 2 aromatic rings. The van der Waals surface area contributed by atoms with Crippen molar-refractivity contribution in [3.63, 3.8) is 0 Å². The van der Waals surface area contributed by atoms with E-state index in [0.29, 0.717) is 6.54 Å². The van der Waals surface area contributed by atoms with Crippen LogP contribution in [0.4, 0.5) is 0 Å². The summed E-state index contributed by atoms with van der Waals surface area (Å²) in [6, 6.07) is 10.2. The molecular formula is C16H23N3O. The molecule has 0 aliphatic carbocycles. The van der Waals surface area contributed by atoms with Crippen molar-refractivity contribution in [1.82, 2.24) is 15.1 Å². The topological polar surface area (TPSA) is 50.1 Å². The number of aromatic nitrogens is 2. The molecule has 4 nitrogen and oxygen atoms in total. The van der Waals surface area contributed by atoms with Crippen LogP contribution in [0.1, 0.15) is 26.3 Å². The lowest BCUT2D eigenvalue weighted by atomic mass is 9.89. The van der Waals surface area contributed by atoms with Crippen LogP contribution in [0.5, 0.6) is 0 Å². The summed E-state index contributed by atoms with van der Waals surface area (Å²) in [7, 11) is 0. The van der Waals surface area contributed by atoms with E-state index in [0.717, 1.165) is 12.2 Å². The number of nitrogens with one attached hydrogen (secondary N) is 1. The van der Waals surface area contributed by atoms with Gasteiger partial charge in [-0.05, 0) is 29.2 Å². The number of hydrogen-bond donors (Lipinski definition) is 2. The van der Waals surface area contributed by atoms with E-state index in [1.54, 1.807) is 6.20 Å². The number of benzene rings is 1. The van der Waals surface area contributed by atoms with Gasteiger partial charge >= 0.3 is 0 Å². The Morgan fingerprint density at radius 2 is 1.95 bits per heavy atom. The predicted molar refractivity (Wildman–Crippen MR) is 80.7 cm³/mol. The molecule has 0 bridgehead atoms. The SMILES string of the molecule is CC(C)(C)C(O)CNCc1ccc(-n2cccn2)cc1. The van der Waals surface area contributed by atoms with Crippen LogP contribution in [0, 0.1) is 5.41 Å². The molecule has 2 rings (SSSR count). The first-order valence-electron chi connectivity index (χ1n) is 6.94. The monoisotopic (exact) mass is 273 g/mol. The van der Waals surface area contributed by atoms with Crippen molar-refractivity contribution < 1.29 is 5.11 Å². The third kappa shape index (κ3) is 3.92. The molecule has 1 heterocycles. The Bertz CT molecular complexity index is 512. The third-order valence-corrected chi connectivity index (χ3v) is 3.37. The summed E-state index contributed by atoms with van der Waals surface area (Å²) < 4.78 is 1.83. The summed E-state index contributed by atoms with van der Waals surface area (Å²) in [5.41, 5.74) is 2.16. The Kier molecular flexibility index (Phi) is 4.57. The van der Waals surface area contributed by atoms with E-state index in [1.165, 1.54) is 5.56 Å². The zero-order chi connectivity index (χ0) is 14.6. The highest BCUT2D eigenvalue weighted by atomic mass is 16.3. The number of hydrogen-bond acceptors (Lipinski definition) is 3. The van der Waals surface area contributed by atoms with Gasteiger partial charge in [-0.2, -0.15) is 5.10 Å². The van der Waals surface area contributed by atoms with Crippen molar-refractivity contribution in [2.75, 3.05) is 6.54 Å². The number of rotatable bonds is 5. The van der Waals surface area contributed by atoms with Gasteiger partial charge in [0, 0.05) is 25.5 Å². The van der Waals surface area contributed by atoms with Crippen molar-refractivity contribution in [2.24, 2.45) is 5.41 Å². The van der Waals surface area contributed by atoms with Crippen LogP contribution in [-0.2, 0) is 6.54 Å². The molecule has 0 fully saturated rings. The lowest BCUT2D eigenvalue weighted by Crippen LogP contribution is -2.36. The average Bonchev–Trinajstić information content (AvgIpc) is 2.92. The molecule has 0 aliphatic heterocycles. The fourth-order valence-electron chi connectivity index (χ4n) is 1.85. The molecule has 1 aromatic heterocycles. The molecule has 0 radical (unpaired) electrons. The first-order chi connectivity index (χ1) is 9.47. The molecule has 0 amide bonds. The Morgan fingerprint density at radius 1 is 1.25 bits per heavy atom. The van der Waals surface area contributed by atoms with Crippen molar-refractivity contribution in [2.45, 2.75) is 33.4 Å². The van der Waals surface area contributed by atoms with Crippen molar-refractivity contribution in [3.8, 4) is 5.69 Å². The van der Waals surface area contributed by atoms with Gasteiger partial charge in [-0.3, -0.25) is 0 Å². The Balaban J connectivity index is 1.86. The maximum atomic E-state index is 9.96. The molecular weight excluding hydrogens is 250 g/mol. The standard InChI is InChI=1S/C16H23N3O/c1-16(2,3)15(20)12-17-11-13-5-7-14(8-6-13)19-10-4-9-18-19/h4-10,15,17,20H,11-12H2,1-3H3. The smallest absolute Gasteiger partial charge is 0.0712 e. The zero-order valence-corrected chi connectivity index (χ0v) is 12.4. The summed E-state index contributed by atoms with van der Waals surface area (Å²) >= 11 is 0. The van der Waals surface area contributed by atoms with Gasteiger partial charge in [-0.25, -0.2) is 4.68 Å². The number of aliphatic hydroxyl groups is 1. The summed E-state index contributed by atoms with van der Waals surface area (Å²) in [5.74, 6) is 0. The van der Waals surface area contributed by atoms with E-state index in [9.17, 15) is 5.11 Å². The summed E-state index contributed by atoms with van der Waals surface area (Å²) in [4.78, 5) is 0. The van der Waals surface area contributed by atoms with Gasteiger partial charge in [-0.1, -0.05) is 32.9 Å². The molecule has 1 atom stereocenters. The van der Waals surface area contributed by atoms with Crippen LogP contribution in [0.2, 0.25) is 0 Å². The second-order valence-corrected chi connectivity index (χ2v) is 6.13.